The minimum absolute atomic E-state index is 0.461. The van der Waals surface area contributed by atoms with Gasteiger partial charge in [-0.2, -0.15) is 0 Å². The molecule has 3 aromatic rings. The van der Waals surface area contributed by atoms with Crippen LogP contribution in [0.2, 0.25) is 0 Å². The van der Waals surface area contributed by atoms with Crippen molar-refractivity contribution in [3.63, 3.8) is 0 Å². The summed E-state index contributed by atoms with van der Waals surface area (Å²) in [6.45, 7) is 2.14. The fourth-order valence-corrected chi connectivity index (χ4v) is 2.52. The van der Waals surface area contributed by atoms with E-state index in [1.54, 1.807) is 6.20 Å². The lowest BCUT2D eigenvalue weighted by Crippen LogP contribution is -2.33. The average molecular weight is 304 g/mol. The van der Waals surface area contributed by atoms with Crippen LogP contribution in [0, 0.1) is 0 Å². The predicted molar refractivity (Wildman–Crippen MR) is 97.2 cm³/mol. The number of nitrogens with two attached hydrogens (primary N) is 1. The normalized spacial score (nSPS) is 11.7. The Morgan fingerprint density at radius 3 is 2.83 bits per heavy atom. The zero-order chi connectivity index (χ0) is 16.2. The molecule has 0 saturated heterocycles. The van der Waals surface area contributed by atoms with Crippen LogP contribution in [0.4, 0.5) is 11.4 Å². The van der Waals surface area contributed by atoms with Crippen molar-refractivity contribution in [1.29, 1.82) is 0 Å². The molecule has 0 radical (unpaired) electrons. The maximum Gasteiger partial charge on any atom is 0.200 e. The van der Waals surface area contributed by atoms with Crippen LogP contribution in [0.3, 0.4) is 0 Å². The molecule has 0 unspecified atom stereocenters. The summed E-state index contributed by atoms with van der Waals surface area (Å²) in [5.41, 5.74) is 9.38. The van der Waals surface area contributed by atoms with Gasteiger partial charge in [-0.05, 0) is 36.2 Å². The summed E-state index contributed by atoms with van der Waals surface area (Å²) in [4.78, 5) is 10.7. The van der Waals surface area contributed by atoms with E-state index in [1.165, 1.54) is 5.56 Å². The zero-order valence-corrected chi connectivity index (χ0v) is 13.4. The van der Waals surface area contributed by atoms with E-state index in [4.69, 9.17) is 5.73 Å². The minimum atomic E-state index is 0.461. The highest BCUT2D eigenvalue weighted by atomic mass is 15.2. The number of pyridine rings is 1. The molecule has 2 aromatic carbocycles. The number of hydrogen-bond acceptors (Lipinski definition) is 2. The highest BCUT2D eigenvalue weighted by Crippen LogP contribution is 2.25. The summed E-state index contributed by atoms with van der Waals surface area (Å²) in [6.07, 6.45) is 4.60. The van der Waals surface area contributed by atoms with Crippen LogP contribution in [-0.4, -0.2) is 18.0 Å². The standard InChI is InChI=1S/C19H20N4/c1-3-14-6-4-8-16(12-14)23(2)19(20)22-18-9-5-7-15-13-21-11-10-17(15)18/h4-13H,3H2,1-2H3,(H2,20,22). The Kier molecular flexibility index (Phi) is 4.24. The molecule has 4 nitrogen and oxygen atoms in total. The van der Waals surface area contributed by atoms with Crippen LogP contribution in [0.15, 0.2) is 65.9 Å². The van der Waals surface area contributed by atoms with Crippen LogP contribution in [-0.2, 0) is 6.42 Å². The molecule has 0 fully saturated rings. The Labute approximate surface area is 136 Å². The van der Waals surface area contributed by atoms with Gasteiger partial charge in [0.2, 0.25) is 5.96 Å². The van der Waals surface area contributed by atoms with Gasteiger partial charge in [0.1, 0.15) is 0 Å². The molecular weight excluding hydrogens is 284 g/mol. The molecule has 0 aliphatic heterocycles. The molecule has 1 aromatic heterocycles. The van der Waals surface area contributed by atoms with Gasteiger partial charge in [0, 0.05) is 35.9 Å². The van der Waals surface area contributed by atoms with Gasteiger partial charge < -0.3 is 10.6 Å². The van der Waals surface area contributed by atoms with Crippen LogP contribution in [0.5, 0.6) is 0 Å². The predicted octanol–water partition coefficient (Wildman–Crippen LogP) is 3.88. The third-order valence-electron chi connectivity index (χ3n) is 3.94. The molecule has 0 aliphatic rings. The molecular formula is C19H20N4. The second-order valence-electron chi connectivity index (χ2n) is 5.43. The first-order valence-electron chi connectivity index (χ1n) is 7.68. The number of fused-ring (bicyclic) bond motifs is 1. The third-order valence-corrected chi connectivity index (χ3v) is 3.94. The number of aromatic nitrogens is 1. The Morgan fingerprint density at radius 1 is 1.17 bits per heavy atom. The van der Waals surface area contributed by atoms with E-state index in [0.717, 1.165) is 28.6 Å². The number of hydrogen-bond donors (Lipinski definition) is 1. The fourth-order valence-electron chi connectivity index (χ4n) is 2.52. The van der Waals surface area contributed by atoms with E-state index in [1.807, 2.05) is 54.5 Å². The molecule has 23 heavy (non-hydrogen) atoms. The van der Waals surface area contributed by atoms with Crippen LogP contribution in [0.1, 0.15) is 12.5 Å². The van der Waals surface area contributed by atoms with Gasteiger partial charge >= 0.3 is 0 Å². The summed E-state index contributed by atoms with van der Waals surface area (Å²) in [6, 6.07) is 16.2. The molecule has 4 heteroatoms. The van der Waals surface area contributed by atoms with Crippen LogP contribution < -0.4 is 10.6 Å². The van der Waals surface area contributed by atoms with Gasteiger partial charge in [-0.3, -0.25) is 4.98 Å². The molecule has 2 N–H and O–H groups in total. The van der Waals surface area contributed by atoms with Crippen molar-refractivity contribution in [2.75, 3.05) is 11.9 Å². The second-order valence-corrected chi connectivity index (χ2v) is 5.43. The van der Waals surface area contributed by atoms with Crippen LogP contribution >= 0.6 is 0 Å². The molecule has 0 aliphatic carbocycles. The van der Waals surface area contributed by atoms with Gasteiger partial charge in [-0.1, -0.05) is 31.2 Å². The lowest BCUT2D eigenvalue weighted by molar-refractivity contribution is 1.13. The largest absolute Gasteiger partial charge is 0.369 e. The maximum atomic E-state index is 6.22. The molecule has 116 valence electrons. The molecule has 0 atom stereocenters. The molecule has 0 saturated carbocycles. The Bertz CT molecular complexity index is 849. The first-order chi connectivity index (χ1) is 11.2. The number of anilines is 1. The minimum Gasteiger partial charge on any atom is -0.369 e. The lowest BCUT2D eigenvalue weighted by Gasteiger charge is -2.19. The van der Waals surface area contributed by atoms with E-state index < -0.39 is 0 Å². The topological polar surface area (TPSA) is 54.5 Å². The molecule has 0 spiro atoms. The number of aliphatic imine (C=N–C) groups is 1. The van der Waals surface area contributed by atoms with Crippen molar-refractivity contribution in [2.24, 2.45) is 10.7 Å². The van der Waals surface area contributed by atoms with Gasteiger partial charge in [0.05, 0.1) is 5.69 Å². The van der Waals surface area contributed by atoms with Crippen molar-refractivity contribution < 1.29 is 0 Å². The summed E-state index contributed by atoms with van der Waals surface area (Å²) in [5.74, 6) is 0.461. The van der Waals surface area contributed by atoms with Crippen molar-refractivity contribution in [3.05, 3.63) is 66.5 Å². The number of benzene rings is 2. The zero-order valence-electron chi connectivity index (χ0n) is 13.4. The van der Waals surface area contributed by atoms with E-state index in [-0.39, 0.29) is 0 Å². The summed E-state index contributed by atoms with van der Waals surface area (Å²) >= 11 is 0. The molecule has 1 heterocycles. The number of guanidine groups is 1. The van der Waals surface area contributed by atoms with Gasteiger partial charge in [0.25, 0.3) is 0 Å². The summed E-state index contributed by atoms with van der Waals surface area (Å²) in [7, 11) is 1.93. The fraction of sp³-hybridized carbons (Fsp3) is 0.158. The van der Waals surface area contributed by atoms with E-state index in [9.17, 15) is 0 Å². The van der Waals surface area contributed by atoms with Crippen LogP contribution in [0.25, 0.3) is 10.8 Å². The van der Waals surface area contributed by atoms with Crippen molar-refractivity contribution in [3.8, 4) is 0 Å². The number of nitrogens with zero attached hydrogens (tertiary/aromatic N) is 3. The molecule has 0 amide bonds. The quantitative estimate of drug-likeness (QED) is 0.590. The Balaban J connectivity index is 1.97. The lowest BCUT2D eigenvalue weighted by atomic mass is 10.1. The van der Waals surface area contributed by atoms with Crippen molar-refractivity contribution in [2.45, 2.75) is 13.3 Å². The highest BCUT2D eigenvalue weighted by molar-refractivity contribution is 6.00. The van der Waals surface area contributed by atoms with Gasteiger partial charge in [0.15, 0.2) is 0 Å². The third kappa shape index (κ3) is 3.16. The first-order valence-corrected chi connectivity index (χ1v) is 7.68. The Hall–Kier alpha value is -2.88. The number of rotatable bonds is 3. The first kappa shape index (κ1) is 15.0. The summed E-state index contributed by atoms with van der Waals surface area (Å²) in [5, 5.41) is 2.10. The van der Waals surface area contributed by atoms with Crippen molar-refractivity contribution in [1.82, 2.24) is 4.98 Å². The van der Waals surface area contributed by atoms with Crippen molar-refractivity contribution >= 4 is 28.1 Å². The number of aryl methyl sites for hydroxylation is 1. The smallest absolute Gasteiger partial charge is 0.200 e. The maximum absolute atomic E-state index is 6.22. The second kappa shape index (κ2) is 6.48. The molecule has 3 rings (SSSR count). The van der Waals surface area contributed by atoms with E-state index >= 15 is 0 Å². The van der Waals surface area contributed by atoms with Gasteiger partial charge in [-0.25, -0.2) is 4.99 Å². The molecule has 0 bridgehead atoms. The van der Waals surface area contributed by atoms with E-state index in [2.05, 4.69) is 29.0 Å². The monoisotopic (exact) mass is 304 g/mol. The summed E-state index contributed by atoms with van der Waals surface area (Å²) < 4.78 is 0. The van der Waals surface area contributed by atoms with Gasteiger partial charge in [-0.15, -0.1) is 0 Å². The Morgan fingerprint density at radius 2 is 2.00 bits per heavy atom. The average Bonchev–Trinajstić information content (AvgIpc) is 2.61. The highest BCUT2D eigenvalue weighted by Gasteiger charge is 2.07. The van der Waals surface area contributed by atoms with E-state index in [0.29, 0.717) is 5.96 Å². The SMILES string of the molecule is CCc1cccc(N(C)C(N)=Nc2cccc3cnccc23)c1.